The van der Waals surface area contributed by atoms with Crippen molar-refractivity contribution in [3.63, 3.8) is 0 Å². The number of aromatic nitrogens is 3. The third-order valence-electron chi connectivity index (χ3n) is 5.81. The summed E-state index contributed by atoms with van der Waals surface area (Å²) in [5.41, 5.74) is 3.02. The molecule has 1 amide bonds. The van der Waals surface area contributed by atoms with E-state index in [4.69, 9.17) is 4.74 Å². The highest BCUT2D eigenvalue weighted by Crippen LogP contribution is 2.31. The summed E-state index contributed by atoms with van der Waals surface area (Å²) in [6.45, 7) is 1.21. The number of H-pyrrole nitrogens is 1. The second-order valence-electron chi connectivity index (χ2n) is 8.94. The number of alkyl halides is 3. The van der Waals surface area contributed by atoms with E-state index in [1.54, 1.807) is 18.5 Å². The maximum absolute atomic E-state index is 13.0. The van der Waals surface area contributed by atoms with Crippen molar-refractivity contribution in [2.75, 3.05) is 30.9 Å². The van der Waals surface area contributed by atoms with Crippen molar-refractivity contribution in [2.45, 2.75) is 19.1 Å². The van der Waals surface area contributed by atoms with Crippen molar-refractivity contribution in [3.05, 3.63) is 83.7 Å². The number of aliphatic hydroxyl groups excluding tert-OH is 1. The van der Waals surface area contributed by atoms with Gasteiger partial charge in [0.1, 0.15) is 0 Å². The van der Waals surface area contributed by atoms with Crippen LogP contribution in [0.5, 0.6) is 5.88 Å². The van der Waals surface area contributed by atoms with Crippen molar-refractivity contribution >= 4 is 23.4 Å². The topological polar surface area (TPSA) is 115 Å². The highest BCUT2D eigenvalue weighted by Gasteiger charge is 2.31. The molecule has 0 aliphatic rings. The Balaban J connectivity index is 1.45. The van der Waals surface area contributed by atoms with E-state index in [2.05, 4.69) is 25.6 Å². The van der Waals surface area contributed by atoms with Crippen molar-refractivity contribution in [2.24, 2.45) is 0 Å². The van der Waals surface area contributed by atoms with Gasteiger partial charge in [0.05, 0.1) is 23.9 Å². The van der Waals surface area contributed by atoms with Crippen LogP contribution in [0.2, 0.25) is 0 Å². The maximum Gasteiger partial charge on any atom is 0.416 e. The van der Waals surface area contributed by atoms with Crippen LogP contribution in [0.3, 0.4) is 0 Å². The third-order valence-corrected chi connectivity index (χ3v) is 5.81. The van der Waals surface area contributed by atoms with Crippen LogP contribution < -0.4 is 20.3 Å². The van der Waals surface area contributed by atoms with Crippen molar-refractivity contribution in [1.82, 2.24) is 20.3 Å². The predicted molar refractivity (Wildman–Crippen MR) is 141 cm³/mol. The Hall–Kier alpha value is -4.58. The maximum atomic E-state index is 13.0. The number of amides is 1. The molecular weight excluding hydrogens is 513 g/mol. The highest BCUT2D eigenvalue weighted by molar-refractivity contribution is 5.72. The zero-order valence-electron chi connectivity index (χ0n) is 21.4. The molecule has 2 heterocycles. The Morgan fingerprint density at radius 2 is 1.92 bits per heavy atom. The number of benzene rings is 2. The summed E-state index contributed by atoms with van der Waals surface area (Å²) in [7, 11) is 3.89. The molecule has 1 unspecified atom stereocenters. The molecular formula is C27H27F3N6O3. The second-order valence-corrected chi connectivity index (χ2v) is 8.94. The SMILES string of the molecule is Cc1cnc(Nc2cccc(N(C)C)c2)nc1-c1c[nH]c(OC(=O)NC(CO)c2cccc(C(F)(F)F)c2)c1. The zero-order chi connectivity index (χ0) is 28.2. The number of nitrogens with zero attached hydrogens (tertiary/aromatic N) is 3. The summed E-state index contributed by atoms with van der Waals surface area (Å²) in [6.07, 6.45) is -2.24. The first-order valence-corrected chi connectivity index (χ1v) is 11.9. The van der Waals surface area contributed by atoms with E-state index < -0.39 is 30.5 Å². The standard InChI is InChI=1S/C27H27F3N6O3/c1-16-13-32-25(33-20-8-5-9-21(12-20)36(2)3)35-24(16)18-11-23(31-14-18)39-26(38)34-22(15-37)17-6-4-7-19(10-17)27(28,29)30/h4-14,22,31,37H,15H2,1-3H3,(H,34,38)(H,32,33,35). The number of nitrogens with one attached hydrogen (secondary N) is 3. The molecule has 0 spiro atoms. The van der Waals surface area contributed by atoms with Gasteiger partial charge in [-0.15, -0.1) is 0 Å². The van der Waals surface area contributed by atoms with Crippen LogP contribution in [0.15, 0.2) is 67.0 Å². The van der Waals surface area contributed by atoms with Gasteiger partial charge in [-0.3, -0.25) is 0 Å². The van der Waals surface area contributed by atoms with E-state index in [0.29, 0.717) is 17.2 Å². The molecule has 2 aromatic carbocycles. The molecule has 204 valence electrons. The lowest BCUT2D eigenvalue weighted by atomic mass is 10.0. The lowest BCUT2D eigenvalue weighted by molar-refractivity contribution is -0.137. The molecule has 0 fully saturated rings. The van der Waals surface area contributed by atoms with Crippen LogP contribution in [0.1, 0.15) is 22.7 Å². The molecule has 0 saturated heterocycles. The van der Waals surface area contributed by atoms with Gasteiger partial charge in [-0.25, -0.2) is 14.8 Å². The van der Waals surface area contributed by atoms with Crippen LogP contribution in [-0.2, 0) is 6.18 Å². The fraction of sp³-hybridized carbons (Fsp3) is 0.222. The molecule has 39 heavy (non-hydrogen) atoms. The molecule has 2 aromatic heterocycles. The quantitative estimate of drug-likeness (QED) is 0.236. The molecule has 0 aliphatic carbocycles. The number of aliphatic hydroxyl groups is 1. The molecule has 4 rings (SSSR count). The van der Waals surface area contributed by atoms with E-state index >= 15 is 0 Å². The van der Waals surface area contributed by atoms with Crippen LogP contribution in [0, 0.1) is 6.92 Å². The van der Waals surface area contributed by atoms with Crippen molar-refractivity contribution in [1.29, 1.82) is 0 Å². The number of carbonyl (C=O) groups is 1. The summed E-state index contributed by atoms with van der Waals surface area (Å²) in [4.78, 5) is 26.2. The number of anilines is 3. The fourth-order valence-corrected chi connectivity index (χ4v) is 3.79. The first-order valence-electron chi connectivity index (χ1n) is 11.9. The number of aryl methyl sites for hydroxylation is 1. The zero-order valence-corrected chi connectivity index (χ0v) is 21.4. The van der Waals surface area contributed by atoms with Gasteiger partial charge in [-0.1, -0.05) is 18.2 Å². The predicted octanol–water partition coefficient (Wildman–Crippen LogP) is 5.43. The van der Waals surface area contributed by atoms with Gasteiger partial charge in [-0.05, 0) is 48.4 Å². The lowest BCUT2D eigenvalue weighted by Gasteiger charge is -2.17. The summed E-state index contributed by atoms with van der Waals surface area (Å²) in [5.74, 6) is 0.453. The molecule has 4 N–H and O–H groups in total. The molecule has 0 saturated carbocycles. The highest BCUT2D eigenvalue weighted by atomic mass is 19.4. The fourth-order valence-electron chi connectivity index (χ4n) is 3.79. The normalized spacial score (nSPS) is 12.1. The van der Waals surface area contributed by atoms with Gasteiger partial charge in [0.15, 0.2) is 0 Å². The molecule has 12 heteroatoms. The minimum Gasteiger partial charge on any atom is -0.394 e. The Morgan fingerprint density at radius 3 is 2.64 bits per heavy atom. The second kappa shape index (κ2) is 11.4. The molecule has 9 nitrogen and oxygen atoms in total. The molecule has 0 bridgehead atoms. The van der Waals surface area contributed by atoms with Crippen molar-refractivity contribution in [3.8, 4) is 17.1 Å². The summed E-state index contributed by atoms with van der Waals surface area (Å²) < 4.78 is 44.4. The Labute approximate surface area is 222 Å². The first-order chi connectivity index (χ1) is 18.5. The van der Waals surface area contributed by atoms with E-state index in [1.807, 2.05) is 50.2 Å². The molecule has 0 aliphatic heterocycles. The van der Waals surface area contributed by atoms with Crippen molar-refractivity contribution < 1.29 is 27.8 Å². The van der Waals surface area contributed by atoms with Gasteiger partial charge in [0.25, 0.3) is 0 Å². The average molecular weight is 541 g/mol. The van der Waals surface area contributed by atoms with Gasteiger partial charge in [0.2, 0.25) is 11.8 Å². The van der Waals surface area contributed by atoms with E-state index in [0.717, 1.165) is 29.1 Å². The van der Waals surface area contributed by atoms with Gasteiger partial charge < -0.3 is 30.4 Å². The minimum atomic E-state index is -4.55. The Bertz CT molecular complexity index is 1450. The van der Waals surface area contributed by atoms with Gasteiger partial charge >= 0.3 is 12.3 Å². The number of ether oxygens (including phenoxy) is 1. The van der Waals surface area contributed by atoms with Gasteiger partial charge in [-0.2, -0.15) is 13.2 Å². The summed E-state index contributed by atoms with van der Waals surface area (Å²) in [6, 6.07) is 12.6. The third kappa shape index (κ3) is 6.85. The first kappa shape index (κ1) is 27.5. The van der Waals surface area contributed by atoms with Crippen LogP contribution in [0.25, 0.3) is 11.3 Å². The number of hydrogen-bond donors (Lipinski definition) is 4. The number of carbonyl (C=O) groups excluding carboxylic acids is 1. The average Bonchev–Trinajstić information content (AvgIpc) is 3.36. The van der Waals surface area contributed by atoms with E-state index in [9.17, 15) is 23.1 Å². The van der Waals surface area contributed by atoms with Crippen LogP contribution >= 0.6 is 0 Å². The largest absolute Gasteiger partial charge is 0.416 e. The summed E-state index contributed by atoms with van der Waals surface area (Å²) in [5, 5.41) is 15.2. The monoisotopic (exact) mass is 540 g/mol. The molecule has 4 aromatic rings. The number of aromatic amines is 1. The molecule has 1 atom stereocenters. The van der Waals surface area contributed by atoms with Crippen LogP contribution in [0.4, 0.5) is 35.3 Å². The number of hydrogen-bond acceptors (Lipinski definition) is 7. The number of halogens is 3. The lowest BCUT2D eigenvalue weighted by Crippen LogP contribution is -2.33. The van der Waals surface area contributed by atoms with E-state index in [1.165, 1.54) is 12.1 Å². The Kier molecular flexibility index (Phi) is 8.05. The summed E-state index contributed by atoms with van der Waals surface area (Å²) >= 11 is 0. The molecule has 0 radical (unpaired) electrons. The van der Waals surface area contributed by atoms with Gasteiger partial charge in [0, 0.05) is 49.5 Å². The van der Waals surface area contributed by atoms with Crippen LogP contribution in [-0.4, -0.2) is 46.9 Å². The Morgan fingerprint density at radius 1 is 1.15 bits per heavy atom. The minimum absolute atomic E-state index is 0.0782. The smallest absolute Gasteiger partial charge is 0.394 e. The van der Waals surface area contributed by atoms with E-state index in [-0.39, 0.29) is 11.4 Å². The number of rotatable bonds is 8.